The summed E-state index contributed by atoms with van der Waals surface area (Å²) in [6.07, 6.45) is 4.69. The number of fused-ring (bicyclic) bond motifs is 3. The van der Waals surface area contributed by atoms with E-state index in [1.54, 1.807) is 12.1 Å². The first-order valence-electron chi connectivity index (χ1n) is 8.78. The molecule has 25 heavy (non-hydrogen) atoms. The maximum absolute atomic E-state index is 12.2. The summed E-state index contributed by atoms with van der Waals surface area (Å²) in [6, 6.07) is 2.66. The molecule has 0 unspecified atom stereocenters. The van der Waals surface area contributed by atoms with Crippen LogP contribution < -0.4 is 10.9 Å². The van der Waals surface area contributed by atoms with Crippen LogP contribution >= 0.6 is 0 Å². The molecule has 0 amide bonds. The molecule has 3 rings (SSSR count). The maximum atomic E-state index is 12.2. The summed E-state index contributed by atoms with van der Waals surface area (Å²) >= 11 is 0. The highest BCUT2D eigenvalue weighted by atomic mass is 16.4. The number of phenolic OH excluding ortho intramolecular Hbond substituents is 1. The molecular formula is C19H23NO5. The minimum atomic E-state index is -0.921. The van der Waals surface area contributed by atoms with E-state index >= 15 is 0 Å². The van der Waals surface area contributed by atoms with Gasteiger partial charge in [0.1, 0.15) is 17.4 Å². The van der Waals surface area contributed by atoms with E-state index in [1.807, 2.05) is 6.92 Å². The Morgan fingerprint density at radius 3 is 2.80 bits per heavy atom. The van der Waals surface area contributed by atoms with Gasteiger partial charge in [0.05, 0.1) is 5.56 Å². The van der Waals surface area contributed by atoms with E-state index in [9.17, 15) is 19.8 Å². The quantitative estimate of drug-likeness (QED) is 0.667. The number of carboxylic acid groups (broad SMARTS) is 1. The molecule has 6 nitrogen and oxygen atoms in total. The number of carboxylic acids is 1. The number of aryl methyl sites for hydroxylation is 1. The third-order valence-corrected chi connectivity index (χ3v) is 4.89. The number of hydrogen-bond donors (Lipinski definition) is 3. The SMILES string of the molecule is CCCC[C@@H](NCc1c(O)ccc2c3c(c(=O)oc12)CCC3)C(=O)O. The summed E-state index contributed by atoms with van der Waals surface area (Å²) in [5, 5.41) is 23.4. The fraction of sp³-hybridized carbons (Fsp3) is 0.474. The number of rotatable bonds is 7. The van der Waals surface area contributed by atoms with E-state index in [-0.39, 0.29) is 17.9 Å². The summed E-state index contributed by atoms with van der Waals surface area (Å²) in [5.74, 6) is -0.920. The number of phenols is 1. The van der Waals surface area contributed by atoms with Gasteiger partial charge in [-0.15, -0.1) is 0 Å². The average Bonchev–Trinajstić information content (AvgIpc) is 3.07. The highest BCUT2D eigenvalue weighted by Crippen LogP contribution is 2.33. The summed E-state index contributed by atoms with van der Waals surface area (Å²) < 4.78 is 5.49. The average molecular weight is 345 g/mol. The lowest BCUT2D eigenvalue weighted by molar-refractivity contribution is -0.139. The number of carbonyl (C=O) groups is 1. The smallest absolute Gasteiger partial charge is 0.339 e. The zero-order chi connectivity index (χ0) is 18.0. The van der Waals surface area contributed by atoms with Crippen molar-refractivity contribution in [3.05, 3.63) is 39.2 Å². The van der Waals surface area contributed by atoms with Gasteiger partial charge in [-0.1, -0.05) is 19.8 Å². The van der Waals surface area contributed by atoms with Crippen LogP contribution in [-0.2, 0) is 24.2 Å². The molecule has 0 saturated carbocycles. The first-order chi connectivity index (χ1) is 12.0. The summed E-state index contributed by atoms with van der Waals surface area (Å²) in [4.78, 5) is 23.6. The molecule has 0 fully saturated rings. The summed E-state index contributed by atoms with van der Waals surface area (Å²) in [7, 11) is 0. The Morgan fingerprint density at radius 2 is 2.08 bits per heavy atom. The minimum absolute atomic E-state index is 0.000673. The second-order valence-corrected chi connectivity index (χ2v) is 6.55. The first-order valence-corrected chi connectivity index (χ1v) is 8.78. The van der Waals surface area contributed by atoms with Gasteiger partial charge >= 0.3 is 11.6 Å². The summed E-state index contributed by atoms with van der Waals surface area (Å²) in [6.45, 7) is 2.14. The standard InChI is InChI=1S/C19H23NO5/c1-2-3-7-15(18(22)23)20-10-14-16(21)9-8-12-11-5-4-6-13(11)19(24)25-17(12)14/h8-9,15,20-21H,2-7,10H2,1H3,(H,22,23)/t15-/m1/s1. The van der Waals surface area contributed by atoms with E-state index in [1.165, 1.54) is 0 Å². The van der Waals surface area contributed by atoms with Crippen LogP contribution in [0.25, 0.3) is 11.0 Å². The third kappa shape index (κ3) is 3.39. The van der Waals surface area contributed by atoms with Crippen LogP contribution in [0.2, 0.25) is 0 Å². The van der Waals surface area contributed by atoms with Crippen molar-refractivity contribution in [1.82, 2.24) is 5.32 Å². The van der Waals surface area contributed by atoms with Gasteiger partial charge in [0.2, 0.25) is 0 Å². The van der Waals surface area contributed by atoms with Gasteiger partial charge < -0.3 is 19.9 Å². The number of benzene rings is 1. The molecule has 0 radical (unpaired) electrons. The van der Waals surface area contributed by atoms with Crippen molar-refractivity contribution in [2.75, 3.05) is 0 Å². The molecule has 1 aliphatic rings. The van der Waals surface area contributed by atoms with Crippen molar-refractivity contribution in [3.8, 4) is 5.75 Å². The van der Waals surface area contributed by atoms with Crippen molar-refractivity contribution >= 4 is 16.9 Å². The molecule has 2 aromatic rings. The van der Waals surface area contributed by atoms with Gasteiger partial charge in [-0.2, -0.15) is 0 Å². The van der Waals surface area contributed by atoms with Crippen LogP contribution in [0, 0.1) is 0 Å². The van der Waals surface area contributed by atoms with Gasteiger partial charge in [0.25, 0.3) is 0 Å². The van der Waals surface area contributed by atoms with Crippen LogP contribution in [0.5, 0.6) is 5.75 Å². The number of aliphatic carboxylic acids is 1. The van der Waals surface area contributed by atoms with Crippen molar-refractivity contribution in [1.29, 1.82) is 0 Å². The molecular weight excluding hydrogens is 322 g/mol. The minimum Gasteiger partial charge on any atom is -0.507 e. The van der Waals surface area contributed by atoms with Crippen LogP contribution in [0.1, 0.15) is 49.3 Å². The van der Waals surface area contributed by atoms with Crippen LogP contribution in [-0.4, -0.2) is 22.2 Å². The van der Waals surface area contributed by atoms with E-state index in [2.05, 4.69) is 5.32 Å². The molecule has 1 aromatic heterocycles. The zero-order valence-corrected chi connectivity index (χ0v) is 14.3. The molecule has 0 spiro atoms. The lowest BCUT2D eigenvalue weighted by atomic mass is 10.0. The second kappa shape index (κ2) is 7.27. The Hall–Kier alpha value is -2.34. The van der Waals surface area contributed by atoms with Gasteiger partial charge in [0, 0.05) is 17.5 Å². The largest absolute Gasteiger partial charge is 0.507 e. The number of aromatic hydroxyl groups is 1. The Morgan fingerprint density at radius 1 is 1.32 bits per heavy atom. The second-order valence-electron chi connectivity index (χ2n) is 6.55. The van der Waals surface area contributed by atoms with Crippen molar-refractivity contribution in [2.24, 2.45) is 0 Å². The Kier molecular flexibility index (Phi) is 5.08. The third-order valence-electron chi connectivity index (χ3n) is 4.89. The topological polar surface area (TPSA) is 99.8 Å². The maximum Gasteiger partial charge on any atom is 0.339 e. The fourth-order valence-corrected chi connectivity index (χ4v) is 3.51. The molecule has 3 N–H and O–H groups in total. The van der Waals surface area contributed by atoms with E-state index in [4.69, 9.17) is 4.42 Å². The number of nitrogens with one attached hydrogen (secondary N) is 1. The van der Waals surface area contributed by atoms with E-state index < -0.39 is 12.0 Å². The van der Waals surface area contributed by atoms with Crippen LogP contribution in [0.4, 0.5) is 0 Å². The van der Waals surface area contributed by atoms with E-state index in [0.29, 0.717) is 17.6 Å². The van der Waals surface area contributed by atoms with Crippen molar-refractivity contribution < 1.29 is 19.4 Å². The van der Waals surface area contributed by atoms with Gasteiger partial charge in [-0.3, -0.25) is 4.79 Å². The van der Waals surface area contributed by atoms with Gasteiger partial charge in [-0.25, -0.2) is 4.79 Å². The molecule has 1 aromatic carbocycles. The molecule has 6 heteroatoms. The lowest BCUT2D eigenvalue weighted by Gasteiger charge is -2.16. The van der Waals surface area contributed by atoms with Crippen molar-refractivity contribution in [2.45, 2.75) is 58.0 Å². The monoisotopic (exact) mass is 345 g/mol. The summed E-state index contributed by atoms with van der Waals surface area (Å²) in [5.41, 5.74) is 2.16. The highest BCUT2D eigenvalue weighted by molar-refractivity contribution is 5.86. The fourth-order valence-electron chi connectivity index (χ4n) is 3.51. The zero-order valence-electron chi connectivity index (χ0n) is 14.3. The molecule has 134 valence electrons. The molecule has 0 bridgehead atoms. The molecule has 1 aliphatic carbocycles. The predicted octanol–water partition coefficient (Wildman–Crippen LogP) is 2.72. The normalized spacial score (nSPS) is 14.6. The highest BCUT2D eigenvalue weighted by Gasteiger charge is 2.23. The van der Waals surface area contributed by atoms with Gasteiger partial charge in [-0.05, 0) is 43.4 Å². The molecule has 1 heterocycles. The first kappa shape index (κ1) is 17.5. The van der Waals surface area contributed by atoms with Crippen LogP contribution in [0.3, 0.4) is 0 Å². The Balaban J connectivity index is 1.96. The van der Waals surface area contributed by atoms with Gasteiger partial charge in [0.15, 0.2) is 0 Å². The predicted molar refractivity (Wildman–Crippen MR) is 94.0 cm³/mol. The molecule has 0 saturated heterocycles. The number of hydrogen-bond acceptors (Lipinski definition) is 5. The molecule has 1 atom stereocenters. The Labute approximate surface area is 145 Å². The number of unbranched alkanes of at least 4 members (excludes halogenated alkanes) is 1. The lowest BCUT2D eigenvalue weighted by Crippen LogP contribution is -2.36. The van der Waals surface area contributed by atoms with E-state index in [0.717, 1.165) is 48.6 Å². The van der Waals surface area contributed by atoms with Crippen LogP contribution in [0.15, 0.2) is 21.3 Å². The molecule has 0 aliphatic heterocycles. The Bertz CT molecular complexity index is 855. The van der Waals surface area contributed by atoms with Crippen molar-refractivity contribution in [3.63, 3.8) is 0 Å².